The number of oxime groups is 1. The van der Waals surface area contributed by atoms with E-state index in [2.05, 4.69) is 33.6 Å². The van der Waals surface area contributed by atoms with Crippen LogP contribution >= 0.6 is 0 Å². The predicted molar refractivity (Wildman–Crippen MR) is 136 cm³/mol. The molecule has 2 aliphatic carbocycles. The minimum atomic E-state index is -0.808. The molecule has 0 aromatic carbocycles. The third-order valence-corrected chi connectivity index (χ3v) is 7.10. The number of hydrogen-bond donors (Lipinski definition) is 3. The van der Waals surface area contributed by atoms with Crippen molar-refractivity contribution in [1.82, 2.24) is 24.4 Å². The number of nitrogen functional groups attached to an aromatic ring is 1. The number of methoxy groups -OCH3 is 1. The Balaban J connectivity index is 1.40. The Kier molecular flexibility index (Phi) is 6.75. The summed E-state index contributed by atoms with van der Waals surface area (Å²) in [5.74, 6) is 0.778. The van der Waals surface area contributed by atoms with Crippen molar-refractivity contribution in [3.8, 4) is 11.1 Å². The topological polar surface area (TPSA) is 151 Å². The molecule has 190 valence electrons. The molecule has 1 saturated carbocycles. The first-order chi connectivity index (χ1) is 17.5. The Bertz CT molecular complexity index is 1310. The molecular weight excluding hydrogens is 460 g/mol. The van der Waals surface area contributed by atoms with Gasteiger partial charge in [-0.2, -0.15) is 14.7 Å². The molecule has 0 saturated heterocycles. The smallest absolute Gasteiger partial charge is 0.171 e. The molecule has 0 bridgehead atoms. The monoisotopic (exact) mass is 492 g/mol. The van der Waals surface area contributed by atoms with E-state index < -0.39 is 5.60 Å². The summed E-state index contributed by atoms with van der Waals surface area (Å²) in [6.07, 6.45) is 16.8. The fourth-order valence-electron chi connectivity index (χ4n) is 5.06. The summed E-state index contributed by atoms with van der Waals surface area (Å²) in [5.41, 5.74) is 16.1. The molecule has 5 N–H and O–H groups in total. The minimum Gasteiger partial charge on any atom is -0.409 e. The molecule has 2 aliphatic rings. The zero-order valence-corrected chi connectivity index (χ0v) is 20.4. The van der Waals surface area contributed by atoms with Gasteiger partial charge in [0.25, 0.3) is 0 Å². The van der Waals surface area contributed by atoms with Crippen molar-refractivity contribution in [2.45, 2.75) is 50.0 Å². The van der Waals surface area contributed by atoms with Crippen LogP contribution in [0.3, 0.4) is 0 Å². The molecule has 36 heavy (non-hydrogen) atoms. The number of anilines is 1. The molecule has 11 heteroatoms. The van der Waals surface area contributed by atoms with Crippen LogP contribution in [0.1, 0.15) is 50.1 Å². The second kappa shape index (κ2) is 10.1. The first-order valence-electron chi connectivity index (χ1n) is 12.2. The molecule has 3 aromatic rings. The summed E-state index contributed by atoms with van der Waals surface area (Å²) in [5, 5.41) is 21.6. The van der Waals surface area contributed by atoms with Crippen LogP contribution in [0.25, 0.3) is 22.5 Å². The average Bonchev–Trinajstić information content (AvgIpc) is 3.57. The lowest BCUT2D eigenvalue weighted by molar-refractivity contribution is -0.0434. The first kappa shape index (κ1) is 24.0. The maximum atomic E-state index is 9.35. The van der Waals surface area contributed by atoms with E-state index >= 15 is 0 Å². The van der Waals surface area contributed by atoms with E-state index in [9.17, 15) is 5.21 Å². The quantitative estimate of drug-likeness (QED) is 0.143. The highest BCUT2D eigenvalue weighted by molar-refractivity contribution is 5.88. The van der Waals surface area contributed by atoms with E-state index in [1.165, 1.54) is 0 Å². The minimum absolute atomic E-state index is 0.0954. The molecule has 1 fully saturated rings. The maximum absolute atomic E-state index is 9.35. The third kappa shape index (κ3) is 4.47. The summed E-state index contributed by atoms with van der Waals surface area (Å²) < 4.78 is 14.7. The molecule has 3 heterocycles. The standard InChI is InChI=1S/C25H32N8O3/c1-35-11-12-36-25(24(27)31-34)9-7-17(8-10-25)21-13-22(26)33-23(30-21)20(15-29-33)18-14-28-32(16-18)19-5-3-2-4-6-19/h3,5-6,13-17,34H,2,4,7-12,26H2,1H3,(H2,27,31). The van der Waals surface area contributed by atoms with Crippen molar-refractivity contribution < 1.29 is 14.7 Å². The number of ether oxygens (including phenoxy) is 2. The summed E-state index contributed by atoms with van der Waals surface area (Å²) in [7, 11) is 1.61. The van der Waals surface area contributed by atoms with E-state index in [-0.39, 0.29) is 11.8 Å². The molecule has 0 atom stereocenters. The van der Waals surface area contributed by atoms with Crippen molar-refractivity contribution in [2.24, 2.45) is 10.9 Å². The Morgan fingerprint density at radius 3 is 2.78 bits per heavy atom. The van der Waals surface area contributed by atoms with Gasteiger partial charge in [-0.25, -0.2) is 9.67 Å². The van der Waals surface area contributed by atoms with Crippen LogP contribution in [-0.2, 0) is 9.47 Å². The molecular formula is C25H32N8O3. The van der Waals surface area contributed by atoms with Crippen LogP contribution in [0.15, 0.2) is 48.0 Å². The van der Waals surface area contributed by atoms with Gasteiger partial charge in [0.15, 0.2) is 11.5 Å². The zero-order valence-electron chi connectivity index (χ0n) is 20.4. The van der Waals surface area contributed by atoms with E-state index in [0.717, 1.165) is 48.2 Å². The Morgan fingerprint density at radius 2 is 2.06 bits per heavy atom. The number of hydrogen-bond acceptors (Lipinski definition) is 8. The van der Waals surface area contributed by atoms with Crippen LogP contribution in [0.5, 0.6) is 0 Å². The highest BCUT2D eigenvalue weighted by Gasteiger charge is 2.41. The van der Waals surface area contributed by atoms with Gasteiger partial charge in [-0.15, -0.1) is 0 Å². The summed E-state index contributed by atoms with van der Waals surface area (Å²) >= 11 is 0. The number of nitrogens with two attached hydrogens (primary N) is 2. The normalized spacial score (nSPS) is 22.8. The van der Waals surface area contributed by atoms with E-state index in [4.69, 9.17) is 25.9 Å². The Hall–Kier alpha value is -3.70. The van der Waals surface area contributed by atoms with Crippen molar-refractivity contribution in [2.75, 3.05) is 26.1 Å². The van der Waals surface area contributed by atoms with Gasteiger partial charge in [-0.3, -0.25) is 0 Å². The number of nitrogens with zero attached hydrogens (tertiary/aromatic N) is 6. The largest absolute Gasteiger partial charge is 0.409 e. The van der Waals surface area contributed by atoms with Gasteiger partial charge < -0.3 is 26.1 Å². The van der Waals surface area contributed by atoms with Gasteiger partial charge in [-0.1, -0.05) is 17.3 Å². The van der Waals surface area contributed by atoms with E-state index in [0.29, 0.717) is 37.5 Å². The van der Waals surface area contributed by atoms with Crippen molar-refractivity contribution >= 4 is 23.0 Å². The summed E-state index contributed by atoms with van der Waals surface area (Å²) in [4.78, 5) is 4.99. The number of fused-ring (bicyclic) bond motifs is 1. The number of aromatic nitrogens is 5. The lowest BCUT2D eigenvalue weighted by Crippen LogP contribution is -2.49. The summed E-state index contributed by atoms with van der Waals surface area (Å²) in [6, 6.07) is 1.89. The van der Waals surface area contributed by atoms with E-state index in [1.54, 1.807) is 17.8 Å². The van der Waals surface area contributed by atoms with Crippen LogP contribution in [0.2, 0.25) is 0 Å². The zero-order chi connectivity index (χ0) is 25.1. The molecule has 0 radical (unpaired) electrons. The van der Waals surface area contributed by atoms with Crippen molar-refractivity contribution in [3.63, 3.8) is 0 Å². The second-order valence-electron chi connectivity index (χ2n) is 9.28. The molecule has 0 spiro atoms. The van der Waals surface area contributed by atoms with Gasteiger partial charge in [0.05, 0.1) is 31.3 Å². The van der Waals surface area contributed by atoms with E-state index in [1.807, 2.05) is 23.1 Å². The van der Waals surface area contributed by atoms with Crippen molar-refractivity contribution in [1.29, 1.82) is 0 Å². The maximum Gasteiger partial charge on any atom is 0.171 e. The van der Waals surface area contributed by atoms with Gasteiger partial charge in [0, 0.05) is 42.1 Å². The molecule has 0 aliphatic heterocycles. The van der Waals surface area contributed by atoms with Crippen LogP contribution in [0, 0.1) is 0 Å². The number of amidine groups is 1. The fraction of sp³-hybridized carbons (Fsp3) is 0.440. The number of rotatable bonds is 8. The van der Waals surface area contributed by atoms with Crippen molar-refractivity contribution in [3.05, 3.63) is 48.6 Å². The third-order valence-electron chi connectivity index (χ3n) is 7.10. The molecule has 0 amide bonds. The lowest BCUT2D eigenvalue weighted by atomic mass is 9.76. The molecule has 0 unspecified atom stereocenters. The van der Waals surface area contributed by atoms with Gasteiger partial charge in [0.2, 0.25) is 0 Å². The molecule has 5 rings (SSSR count). The summed E-state index contributed by atoms with van der Waals surface area (Å²) in [6.45, 7) is 0.806. The Morgan fingerprint density at radius 1 is 1.22 bits per heavy atom. The highest BCUT2D eigenvalue weighted by atomic mass is 16.5. The molecule has 11 nitrogen and oxygen atoms in total. The van der Waals surface area contributed by atoms with Gasteiger partial charge in [0.1, 0.15) is 11.4 Å². The van der Waals surface area contributed by atoms with Gasteiger partial charge >= 0.3 is 0 Å². The highest BCUT2D eigenvalue weighted by Crippen LogP contribution is 2.40. The number of allylic oxidation sites excluding steroid dienone is 4. The average molecular weight is 493 g/mol. The lowest BCUT2D eigenvalue weighted by Gasteiger charge is -2.38. The van der Waals surface area contributed by atoms with Crippen LogP contribution in [-0.4, -0.2) is 61.3 Å². The van der Waals surface area contributed by atoms with Crippen LogP contribution in [0.4, 0.5) is 5.82 Å². The predicted octanol–water partition coefficient (Wildman–Crippen LogP) is 3.17. The Labute approximate surface area is 209 Å². The fourth-order valence-corrected chi connectivity index (χ4v) is 5.06. The molecule has 3 aromatic heterocycles. The van der Waals surface area contributed by atoms with Gasteiger partial charge in [-0.05, 0) is 44.6 Å². The second-order valence-corrected chi connectivity index (χ2v) is 9.28. The first-order valence-corrected chi connectivity index (χ1v) is 12.2. The van der Waals surface area contributed by atoms with Crippen LogP contribution < -0.4 is 11.5 Å². The SMILES string of the molecule is COCCOC1(/C(N)=N/O)CCC(c2cc(N)n3ncc(-c4cnn(C5=CCCC=C5)c4)c3n2)CC1.